The van der Waals surface area contributed by atoms with E-state index in [2.05, 4.69) is 4.74 Å². The van der Waals surface area contributed by atoms with Crippen molar-refractivity contribution in [1.29, 1.82) is 0 Å². The van der Waals surface area contributed by atoms with Crippen molar-refractivity contribution < 1.29 is 23.4 Å². The molecule has 0 aliphatic carbocycles. The van der Waals surface area contributed by atoms with Crippen molar-refractivity contribution in [2.45, 2.75) is 11.8 Å². The number of para-hydroxylation sites is 1. The Labute approximate surface area is 97.0 Å². The van der Waals surface area contributed by atoms with Crippen LogP contribution in [0.25, 0.3) is 0 Å². The van der Waals surface area contributed by atoms with Gasteiger partial charge in [-0.25, -0.2) is 8.78 Å². The number of phenolic OH excluding ortho intramolecular Hbond substituents is 1. The summed E-state index contributed by atoms with van der Waals surface area (Å²) < 4.78 is 30.7. The summed E-state index contributed by atoms with van der Waals surface area (Å²) in [5, 5.41) is 9.57. The number of hydrogen-bond donors (Lipinski definition) is 2. The molecule has 1 rings (SSSR count). The zero-order valence-corrected chi connectivity index (χ0v) is 9.19. The number of halogens is 2. The summed E-state index contributed by atoms with van der Waals surface area (Å²) in [6.07, 6.45) is -3.08. The number of methoxy groups -OCH3 is 1. The second-order valence-electron chi connectivity index (χ2n) is 3.48. The Balaban J connectivity index is 3.43. The summed E-state index contributed by atoms with van der Waals surface area (Å²) in [5.74, 6) is -1.58. The van der Waals surface area contributed by atoms with Crippen LogP contribution in [0.2, 0.25) is 0 Å². The summed E-state index contributed by atoms with van der Waals surface area (Å²) in [7, 11) is 0.995. The molecule has 0 aliphatic heterocycles. The van der Waals surface area contributed by atoms with Gasteiger partial charge >= 0.3 is 5.97 Å². The zero-order chi connectivity index (χ0) is 13.1. The summed E-state index contributed by atoms with van der Waals surface area (Å²) in [6.45, 7) is -0.658. The average molecular weight is 245 g/mol. The van der Waals surface area contributed by atoms with Crippen molar-refractivity contribution >= 4 is 5.97 Å². The topological polar surface area (TPSA) is 72.5 Å². The second kappa shape index (κ2) is 5.09. The van der Waals surface area contributed by atoms with E-state index in [1.807, 2.05) is 0 Å². The van der Waals surface area contributed by atoms with Crippen LogP contribution >= 0.6 is 0 Å². The third-order valence-electron chi connectivity index (χ3n) is 2.63. The number of carbonyl (C=O) groups excluding carboxylic acids is 1. The van der Waals surface area contributed by atoms with E-state index in [4.69, 9.17) is 5.73 Å². The number of rotatable bonds is 4. The fourth-order valence-corrected chi connectivity index (χ4v) is 1.63. The maximum Gasteiger partial charge on any atom is 0.323 e. The number of nitrogens with two attached hydrogens (primary N) is 1. The van der Waals surface area contributed by atoms with Gasteiger partial charge in [0.2, 0.25) is 0 Å². The van der Waals surface area contributed by atoms with Gasteiger partial charge in [-0.15, -0.1) is 0 Å². The van der Waals surface area contributed by atoms with Gasteiger partial charge in [0.1, 0.15) is 5.75 Å². The number of esters is 1. The first-order valence-electron chi connectivity index (χ1n) is 4.85. The standard InChI is InChI=1S/C11H13F2NO3/c1-17-10(16)11(6-14,9(12)13)7-4-2-3-5-8(7)15/h2-5,9,15H,6,14H2,1H3. The minimum Gasteiger partial charge on any atom is -0.508 e. The Bertz CT molecular complexity index is 411. The summed E-state index contributed by atoms with van der Waals surface area (Å²) in [6, 6.07) is 5.34. The van der Waals surface area contributed by atoms with Crippen molar-refractivity contribution in [3.63, 3.8) is 0 Å². The zero-order valence-electron chi connectivity index (χ0n) is 9.19. The molecular weight excluding hydrogens is 232 g/mol. The Hall–Kier alpha value is -1.69. The van der Waals surface area contributed by atoms with Crippen LogP contribution in [-0.4, -0.2) is 31.2 Å². The first-order chi connectivity index (χ1) is 8.00. The van der Waals surface area contributed by atoms with E-state index in [-0.39, 0.29) is 5.56 Å². The Kier molecular flexibility index (Phi) is 4.01. The number of benzene rings is 1. The average Bonchev–Trinajstić information content (AvgIpc) is 2.32. The molecule has 6 heteroatoms. The molecule has 0 saturated carbocycles. The molecular formula is C11H13F2NO3. The van der Waals surface area contributed by atoms with E-state index in [0.717, 1.165) is 7.11 Å². The van der Waals surface area contributed by atoms with Crippen LogP contribution in [0.3, 0.4) is 0 Å². The minimum atomic E-state index is -3.08. The SMILES string of the molecule is COC(=O)C(CN)(c1ccccc1O)C(F)F. The summed E-state index contributed by atoms with van der Waals surface area (Å²) in [5.41, 5.74) is 2.73. The van der Waals surface area contributed by atoms with Crippen molar-refractivity contribution in [3.8, 4) is 5.75 Å². The lowest BCUT2D eigenvalue weighted by Crippen LogP contribution is -2.49. The van der Waals surface area contributed by atoms with Gasteiger partial charge in [-0.2, -0.15) is 0 Å². The van der Waals surface area contributed by atoms with E-state index in [1.165, 1.54) is 24.3 Å². The monoisotopic (exact) mass is 245 g/mol. The molecule has 3 N–H and O–H groups in total. The first-order valence-corrected chi connectivity index (χ1v) is 4.85. The van der Waals surface area contributed by atoms with Crippen LogP contribution in [0, 0.1) is 0 Å². The summed E-state index contributed by atoms with van der Waals surface area (Å²) in [4.78, 5) is 11.6. The van der Waals surface area contributed by atoms with Crippen molar-refractivity contribution in [1.82, 2.24) is 0 Å². The maximum atomic E-state index is 13.2. The number of ether oxygens (including phenoxy) is 1. The Morgan fingerprint density at radius 2 is 2.12 bits per heavy atom. The Morgan fingerprint density at radius 1 is 1.53 bits per heavy atom. The van der Waals surface area contributed by atoms with Gasteiger partial charge in [0.25, 0.3) is 6.43 Å². The molecule has 1 aromatic rings. The van der Waals surface area contributed by atoms with Crippen molar-refractivity contribution in [2.24, 2.45) is 5.73 Å². The molecule has 0 fully saturated rings. The van der Waals surface area contributed by atoms with Gasteiger partial charge in [0.15, 0.2) is 5.41 Å². The number of hydrogen-bond acceptors (Lipinski definition) is 4. The van der Waals surface area contributed by atoms with Gasteiger partial charge in [0, 0.05) is 12.1 Å². The maximum absolute atomic E-state index is 13.2. The smallest absolute Gasteiger partial charge is 0.323 e. The largest absolute Gasteiger partial charge is 0.508 e. The van der Waals surface area contributed by atoms with E-state index in [1.54, 1.807) is 0 Å². The lowest BCUT2D eigenvalue weighted by Gasteiger charge is -2.29. The van der Waals surface area contributed by atoms with Crippen LogP contribution in [0.15, 0.2) is 24.3 Å². The molecule has 0 radical (unpaired) electrons. The predicted octanol–water partition coefficient (Wildman–Crippen LogP) is 1.03. The molecule has 1 aromatic carbocycles. The molecule has 1 atom stereocenters. The summed E-state index contributed by atoms with van der Waals surface area (Å²) >= 11 is 0. The van der Waals surface area contributed by atoms with Crippen LogP contribution < -0.4 is 5.73 Å². The van der Waals surface area contributed by atoms with Gasteiger partial charge in [0.05, 0.1) is 7.11 Å². The van der Waals surface area contributed by atoms with Gasteiger partial charge in [-0.3, -0.25) is 4.79 Å². The molecule has 0 amide bonds. The highest BCUT2D eigenvalue weighted by atomic mass is 19.3. The lowest BCUT2D eigenvalue weighted by molar-refractivity contribution is -0.153. The van der Waals surface area contributed by atoms with Crippen molar-refractivity contribution in [2.75, 3.05) is 13.7 Å². The number of alkyl halides is 2. The van der Waals surface area contributed by atoms with E-state index in [0.29, 0.717) is 0 Å². The van der Waals surface area contributed by atoms with Crippen LogP contribution in [0.4, 0.5) is 8.78 Å². The second-order valence-corrected chi connectivity index (χ2v) is 3.48. The van der Waals surface area contributed by atoms with Crippen molar-refractivity contribution in [3.05, 3.63) is 29.8 Å². The Morgan fingerprint density at radius 3 is 2.53 bits per heavy atom. The van der Waals surface area contributed by atoms with Gasteiger partial charge in [-0.05, 0) is 6.07 Å². The highest BCUT2D eigenvalue weighted by Crippen LogP contribution is 2.36. The fraction of sp³-hybridized carbons (Fsp3) is 0.364. The molecule has 0 spiro atoms. The molecule has 0 aliphatic rings. The minimum absolute atomic E-state index is 0.232. The third-order valence-corrected chi connectivity index (χ3v) is 2.63. The highest BCUT2D eigenvalue weighted by Gasteiger charge is 2.50. The fourth-order valence-electron chi connectivity index (χ4n) is 1.63. The van der Waals surface area contributed by atoms with Gasteiger partial charge in [-0.1, -0.05) is 18.2 Å². The van der Waals surface area contributed by atoms with Crippen LogP contribution in [0.5, 0.6) is 5.75 Å². The molecule has 0 bridgehead atoms. The first kappa shape index (κ1) is 13.4. The molecule has 17 heavy (non-hydrogen) atoms. The third kappa shape index (κ3) is 2.08. The molecule has 4 nitrogen and oxygen atoms in total. The number of phenols is 1. The molecule has 0 heterocycles. The molecule has 0 aromatic heterocycles. The van der Waals surface area contributed by atoms with E-state index in [9.17, 15) is 18.7 Å². The number of aromatic hydroxyl groups is 1. The van der Waals surface area contributed by atoms with E-state index >= 15 is 0 Å². The highest BCUT2D eigenvalue weighted by molar-refractivity contribution is 5.85. The quantitative estimate of drug-likeness (QED) is 0.777. The molecule has 94 valence electrons. The normalized spacial score (nSPS) is 14.4. The number of carbonyl (C=O) groups is 1. The van der Waals surface area contributed by atoms with Crippen LogP contribution in [0.1, 0.15) is 5.56 Å². The van der Waals surface area contributed by atoms with Gasteiger partial charge < -0.3 is 15.6 Å². The molecule has 0 saturated heterocycles. The predicted molar refractivity (Wildman–Crippen MR) is 56.9 cm³/mol. The van der Waals surface area contributed by atoms with Crippen LogP contribution in [-0.2, 0) is 14.9 Å². The van der Waals surface area contributed by atoms with E-state index < -0.39 is 30.1 Å². The molecule has 1 unspecified atom stereocenters. The lowest BCUT2D eigenvalue weighted by atomic mass is 9.80.